The van der Waals surface area contributed by atoms with Crippen LogP contribution in [0.4, 0.5) is 5.82 Å². The van der Waals surface area contributed by atoms with Gasteiger partial charge in [-0.1, -0.05) is 18.2 Å². The third-order valence-corrected chi connectivity index (χ3v) is 2.98. The number of benzene rings is 1. The lowest BCUT2D eigenvalue weighted by atomic mass is 10.2. The Bertz CT molecular complexity index is 912. The van der Waals surface area contributed by atoms with Crippen molar-refractivity contribution in [2.24, 2.45) is 5.11 Å². The number of aliphatic carboxylic acids is 1. The normalized spacial score (nSPS) is 10.4. The third kappa shape index (κ3) is 2.32. The van der Waals surface area contributed by atoms with E-state index in [1.165, 1.54) is 17.1 Å². The number of hydrogen-bond acceptors (Lipinski definition) is 5. The van der Waals surface area contributed by atoms with Gasteiger partial charge in [-0.15, -0.1) is 0 Å². The summed E-state index contributed by atoms with van der Waals surface area (Å²) in [6.45, 7) is 0. The van der Waals surface area contributed by atoms with E-state index >= 15 is 0 Å². The number of nitrogens with zero attached hydrogens (tertiary/aromatic N) is 7. The molecular formula is C13H9N7O2. The van der Waals surface area contributed by atoms with Crippen molar-refractivity contribution in [3.05, 3.63) is 52.8 Å². The van der Waals surface area contributed by atoms with Crippen molar-refractivity contribution < 1.29 is 9.90 Å². The van der Waals surface area contributed by atoms with Crippen molar-refractivity contribution in [1.82, 2.24) is 19.7 Å². The number of carbonyl (C=O) groups is 1. The fourth-order valence-corrected chi connectivity index (χ4v) is 2.15. The van der Waals surface area contributed by atoms with E-state index < -0.39 is 5.97 Å². The van der Waals surface area contributed by atoms with Crippen LogP contribution in [0.15, 0.2) is 41.8 Å². The van der Waals surface area contributed by atoms with E-state index in [4.69, 9.17) is 10.6 Å². The lowest BCUT2D eigenvalue weighted by Gasteiger charge is -2.03. The molecule has 0 aliphatic carbocycles. The quantitative estimate of drug-likeness (QED) is 0.448. The predicted octanol–water partition coefficient (Wildman–Crippen LogP) is 2.38. The number of carboxylic acid groups (broad SMARTS) is 1. The second-order valence-corrected chi connectivity index (χ2v) is 4.34. The first kappa shape index (κ1) is 13.5. The molecule has 9 nitrogen and oxygen atoms in total. The van der Waals surface area contributed by atoms with Crippen LogP contribution >= 0.6 is 0 Å². The molecule has 0 fully saturated rings. The Morgan fingerprint density at radius 1 is 1.32 bits per heavy atom. The Hall–Kier alpha value is -3.45. The molecule has 0 bridgehead atoms. The molecule has 0 saturated heterocycles. The van der Waals surface area contributed by atoms with Gasteiger partial charge in [0.25, 0.3) is 0 Å². The van der Waals surface area contributed by atoms with E-state index in [0.717, 1.165) is 0 Å². The third-order valence-electron chi connectivity index (χ3n) is 2.98. The summed E-state index contributed by atoms with van der Waals surface area (Å²) in [5, 5.41) is 17.5. The zero-order valence-corrected chi connectivity index (χ0v) is 11.2. The first-order chi connectivity index (χ1) is 10.7. The van der Waals surface area contributed by atoms with Gasteiger partial charge >= 0.3 is 5.97 Å². The van der Waals surface area contributed by atoms with Crippen LogP contribution in [0.3, 0.4) is 0 Å². The summed E-state index contributed by atoms with van der Waals surface area (Å²) in [5.74, 6) is -0.668. The van der Waals surface area contributed by atoms with Gasteiger partial charge < -0.3 is 5.11 Å². The highest BCUT2D eigenvalue weighted by Gasteiger charge is 2.16. The van der Waals surface area contributed by atoms with Gasteiger partial charge in [-0.2, -0.15) is 5.10 Å². The minimum Gasteiger partial charge on any atom is -0.481 e. The maximum Gasteiger partial charge on any atom is 0.309 e. The first-order valence-electron chi connectivity index (χ1n) is 6.25. The molecule has 3 aromatic rings. The first-order valence-corrected chi connectivity index (χ1v) is 6.25. The monoisotopic (exact) mass is 295 g/mol. The van der Waals surface area contributed by atoms with E-state index in [2.05, 4.69) is 25.1 Å². The summed E-state index contributed by atoms with van der Waals surface area (Å²) in [7, 11) is 0. The maximum absolute atomic E-state index is 11.0. The second-order valence-electron chi connectivity index (χ2n) is 4.34. The van der Waals surface area contributed by atoms with Crippen LogP contribution in [-0.2, 0) is 11.2 Å². The Kier molecular flexibility index (Phi) is 3.39. The smallest absolute Gasteiger partial charge is 0.309 e. The molecule has 0 aliphatic heterocycles. The van der Waals surface area contributed by atoms with Gasteiger partial charge in [-0.25, -0.2) is 14.6 Å². The number of rotatable bonds is 4. The molecule has 108 valence electrons. The van der Waals surface area contributed by atoms with E-state index in [-0.39, 0.29) is 18.1 Å². The van der Waals surface area contributed by atoms with Crippen LogP contribution in [0.1, 0.15) is 5.69 Å². The predicted molar refractivity (Wildman–Crippen MR) is 76.8 cm³/mol. The van der Waals surface area contributed by atoms with Gasteiger partial charge in [0.05, 0.1) is 17.6 Å². The highest BCUT2D eigenvalue weighted by Crippen LogP contribution is 2.25. The van der Waals surface area contributed by atoms with Crippen LogP contribution in [0.5, 0.6) is 0 Å². The molecule has 0 amide bonds. The molecular weight excluding hydrogens is 286 g/mol. The molecule has 3 rings (SSSR count). The van der Waals surface area contributed by atoms with Crippen molar-refractivity contribution in [3.63, 3.8) is 0 Å². The van der Waals surface area contributed by atoms with Crippen molar-refractivity contribution in [2.75, 3.05) is 0 Å². The van der Waals surface area contributed by atoms with Crippen LogP contribution in [-0.4, -0.2) is 30.8 Å². The average Bonchev–Trinajstić information content (AvgIpc) is 2.86. The Labute approximate surface area is 123 Å². The molecule has 1 N–H and O–H groups in total. The van der Waals surface area contributed by atoms with Crippen LogP contribution in [0, 0.1) is 0 Å². The summed E-state index contributed by atoms with van der Waals surface area (Å²) in [6.07, 6.45) is 2.63. The summed E-state index contributed by atoms with van der Waals surface area (Å²) >= 11 is 0. The van der Waals surface area contributed by atoms with Crippen molar-refractivity contribution in [3.8, 4) is 5.82 Å². The maximum atomic E-state index is 11.0. The molecule has 9 heteroatoms. The van der Waals surface area contributed by atoms with Gasteiger partial charge in [0.1, 0.15) is 0 Å². The molecule has 0 saturated carbocycles. The van der Waals surface area contributed by atoms with Crippen LogP contribution in [0.2, 0.25) is 0 Å². The van der Waals surface area contributed by atoms with Crippen molar-refractivity contribution >= 4 is 22.7 Å². The van der Waals surface area contributed by atoms with Crippen LogP contribution < -0.4 is 0 Å². The van der Waals surface area contributed by atoms with E-state index in [0.29, 0.717) is 16.6 Å². The van der Waals surface area contributed by atoms with Crippen molar-refractivity contribution in [1.29, 1.82) is 0 Å². The number of azide groups is 1. The summed E-state index contributed by atoms with van der Waals surface area (Å²) in [5.41, 5.74) is 9.68. The molecule has 0 atom stereocenters. The lowest BCUT2D eigenvalue weighted by Crippen LogP contribution is -2.04. The fraction of sp³-hybridized carbons (Fsp3) is 0.0769. The van der Waals surface area contributed by atoms with Gasteiger partial charge in [0.2, 0.25) is 0 Å². The number of aromatic nitrogens is 4. The van der Waals surface area contributed by atoms with E-state index in [1.54, 1.807) is 24.3 Å². The second kappa shape index (κ2) is 5.51. The number of para-hydroxylation sites is 1. The highest BCUT2D eigenvalue weighted by atomic mass is 16.4. The van der Waals surface area contributed by atoms with Gasteiger partial charge in [0.15, 0.2) is 11.6 Å². The molecule has 0 unspecified atom stereocenters. The zero-order valence-electron chi connectivity index (χ0n) is 11.2. The van der Waals surface area contributed by atoms with Gasteiger partial charge in [0, 0.05) is 22.7 Å². The van der Waals surface area contributed by atoms with Crippen molar-refractivity contribution in [2.45, 2.75) is 6.42 Å². The molecule has 22 heavy (non-hydrogen) atoms. The number of fused-ring (bicyclic) bond motifs is 1. The zero-order chi connectivity index (χ0) is 15.5. The van der Waals surface area contributed by atoms with Gasteiger partial charge in [-0.3, -0.25) is 4.79 Å². The van der Waals surface area contributed by atoms with Crippen LogP contribution in [0.25, 0.3) is 27.2 Å². The summed E-state index contributed by atoms with van der Waals surface area (Å²) in [6, 6.07) is 7.16. The largest absolute Gasteiger partial charge is 0.481 e. The average molecular weight is 295 g/mol. The number of hydrogen-bond donors (Lipinski definition) is 1. The Morgan fingerprint density at radius 2 is 2.09 bits per heavy atom. The molecule has 2 heterocycles. The minimum absolute atomic E-state index is 0.0696. The SMILES string of the molecule is [N-]=[N+]=Nc1nccnc1-n1nc(CC(=O)O)c2ccccc21. The number of carboxylic acids is 1. The molecule has 2 aromatic heterocycles. The molecule has 0 spiro atoms. The Morgan fingerprint density at radius 3 is 2.86 bits per heavy atom. The van der Waals surface area contributed by atoms with E-state index in [1.807, 2.05) is 0 Å². The minimum atomic E-state index is -0.982. The fourth-order valence-electron chi connectivity index (χ4n) is 2.15. The summed E-state index contributed by atoms with van der Waals surface area (Å²) in [4.78, 5) is 21.8. The summed E-state index contributed by atoms with van der Waals surface area (Å²) < 4.78 is 1.44. The van der Waals surface area contributed by atoms with Gasteiger partial charge in [-0.05, 0) is 16.7 Å². The molecule has 0 radical (unpaired) electrons. The highest BCUT2D eigenvalue weighted by molar-refractivity contribution is 5.86. The lowest BCUT2D eigenvalue weighted by molar-refractivity contribution is -0.136. The Balaban J connectivity index is 2.28. The van der Waals surface area contributed by atoms with E-state index in [9.17, 15) is 4.79 Å². The molecule has 1 aromatic carbocycles. The topological polar surface area (TPSA) is 130 Å². The molecule has 0 aliphatic rings. The standard InChI is InChI=1S/C13H9N7O2/c14-19-17-12-13(16-6-5-15-12)20-10-4-2-1-3-8(10)9(18-20)7-11(21)22/h1-6H,7H2,(H,21,22).